The van der Waals surface area contributed by atoms with Crippen LogP contribution >= 0.6 is 66.2 Å². The molecule has 10 heteroatoms. The molecule has 0 radical (unpaired) electrons. The molecule has 0 aromatic heterocycles. The van der Waals surface area contributed by atoms with E-state index in [2.05, 4.69) is 54.5 Å². The smallest absolute Gasteiger partial charge is 0.341 e. The molecule has 2 aromatic carbocycles. The minimum atomic E-state index is -1.09. The normalized spacial score (nSPS) is 15.3. The summed E-state index contributed by atoms with van der Waals surface area (Å²) < 4.78 is 7.36. The predicted octanol–water partition coefficient (Wildman–Crippen LogP) is 5.52. The van der Waals surface area contributed by atoms with Gasteiger partial charge in [-0.15, -0.1) is 0 Å². The van der Waals surface area contributed by atoms with E-state index in [1.165, 1.54) is 4.90 Å². The molecule has 6 nitrogen and oxygen atoms in total. The number of rotatable bonds is 6. The number of halogens is 3. The fourth-order valence-electron chi connectivity index (χ4n) is 2.49. The van der Waals surface area contributed by atoms with Gasteiger partial charge in [0.1, 0.15) is 5.75 Å². The number of carbonyl (C=O) groups is 3. The molecule has 3 rings (SSSR count). The number of hydrogen-bond acceptors (Lipinski definition) is 5. The third-order valence-electron chi connectivity index (χ3n) is 3.79. The fourth-order valence-corrected chi connectivity index (χ4v) is 5.14. The summed E-state index contributed by atoms with van der Waals surface area (Å²) in [5.41, 5.74) is 1.53. The molecule has 0 saturated carbocycles. The number of carboxylic acid groups (broad SMARTS) is 1. The van der Waals surface area contributed by atoms with Crippen LogP contribution in [0.4, 0.5) is 4.79 Å². The van der Waals surface area contributed by atoms with Gasteiger partial charge < -0.3 is 9.84 Å². The quantitative estimate of drug-likeness (QED) is 0.327. The lowest BCUT2D eigenvalue weighted by atomic mass is 10.2. The van der Waals surface area contributed by atoms with Gasteiger partial charge in [0.15, 0.2) is 6.61 Å². The first-order valence-corrected chi connectivity index (χ1v) is 11.6. The van der Waals surface area contributed by atoms with Gasteiger partial charge in [-0.1, -0.05) is 12.1 Å². The summed E-state index contributed by atoms with van der Waals surface area (Å²) in [5.74, 6) is -1.09. The van der Waals surface area contributed by atoms with E-state index < -0.39 is 12.6 Å². The summed E-state index contributed by atoms with van der Waals surface area (Å²) >= 11 is 9.76. The molecule has 2 amide bonds. The van der Waals surface area contributed by atoms with Gasteiger partial charge in [0.25, 0.3) is 11.1 Å². The van der Waals surface area contributed by atoms with Gasteiger partial charge in [-0.25, -0.2) is 4.79 Å². The molecule has 2 aromatic rings. The van der Waals surface area contributed by atoms with Gasteiger partial charge in [-0.05, 0) is 108 Å². The molecule has 1 saturated heterocycles. The maximum Gasteiger partial charge on any atom is 0.341 e. The first-order valence-electron chi connectivity index (χ1n) is 8.08. The second kappa shape index (κ2) is 9.63. The highest BCUT2D eigenvalue weighted by molar-refractivity contribution is 14.1. The topological polar surface area (TPSA) is 83.9 Å². The van der Waals surface area contributed by atoms with Crippen LogP contribution in [0.25, 0.3) is 6.08 Å². The molecular formula is C19H12Br2INO5S. The number of carbonyl (C=O) groups excluding carboxylic acids is 2. The van der Waals surface area contributed by atoms with Gasteiger partial charge >= 0.3 is 5.97 Å². The van der Waals surface area contributed by atoms with E-state index >= 15 is 0 Å². The third kappa shape index (κ3) is 5.62. The zero-order valence-electron chi connectivity index (χ0n) is 14.5. The molecule has 0 atom stereocenters. The summed E-state index contributed by atoms with van der Waals surface area (Å²) in [4.78, 5) is 37.3. The van der Waals surface area contributed by atoms with Crippen LogP contribution in [0.5, 0.6) is 5.75 Å². The maximum atomic E-state index is 12.7. The van der Waals surface area contributed by atoms with Gasteiger partial charge in [-0.3, -0.25) is 14.5 Å². The van der Waals surface area contributed by atoms with Crippen molar-refractivity contribution in [3.8, 4) is 5.75 Å². The predicted molar refractivity (Wildman–Crippen MR) is 126 cm³/mol. The third-order valence-corrected chi connectivity index (χ3v) is 6.59. The van der Waals surface area contributed by atoms with Gasteiger partial charge in [0, 0.05) is 3.57 Å². The Morgan fingerprint density at radius 1 is 1.17 bits per heavy atom. The summed E-state index contributed by atoms with van der Waals surface area (Å²) in [7, 11) is 0. The van der Waals surface area contributed by atoms with Crippen LogP contribution in [0.3, 0.4) is 0 Å². The van der Waals surface area contributed by atoms with E-state index in [1.807, 2.05) is 24.3 Å². The van der Waals surface area contributed by atoms with Crippen LogP contribution in [0.15, 0.2) is 50.2 Å². The molecule has 1 N–H and O–H groups in total. The molecule has 0 bridgehead atoms. The number of ether oxygens (including phenoxy) is 1. The summed E-state index contributed by atoms with van der Waals surface area (Å²) in [6.07, 6.45) is 1.62. The molecule has 1 aliphatic heterocycles. The van der Waals surface area contributed by atoms with Crippen molar-refractivity contribution < 1.29 is 24.2 Å². The molecule has 0 aliphatic carbocycles. The Kier molecular flexibility index (Phi) is 7.41. The van der Waals surface area contributed by atoms with Crippen molar-refractivity contribution in [3.05, 3.63) is 64.9 Å². The molecule has 29 heavy (non-hydrogen) atoms. The summed E-state index contributed by atoms with van der Waals surface area (Å²) in [6.45, 7) is -0.262. The number of nitrogens with zero attached hydrogens (tertiary/aromatic N) is 1. The highest BCUT2D eigenvalue weighted by Gasteiger charge is 2.35. The van der Waals surface area contributed by atoms with Crippen molar-refractivity contribution >= 4 is 89.4 Å². The zero-order valence-corrected chi connectivity index (χ0v) is 20.7. The summed E-state index contributed by atoms with van der Waals surface area (Å²) in [6, 6.07) is 11.0. The van der Waals surface area contributed by atoms with E-state index in [-0.39, 0.29) is 17.7 Å². The van der Waals surface area contributed by atoms with E-state index in [0.29, 0.717) is 25.2 Å². The number of aliphatic carboxylic acids is 1. The minimum Gasteiger partial charge on any atom is -0.480 e. The van der Waals surface area contributed by atoms with Gasteiger partial charge in [-0.2, -0.15) is 0 Å². The Morgan fingerprint density at radius 3 is 2.38 bits per heavy atom. The molecule has 1 aliphatic rings. The Hall–Kier alpha value is -1.37. The van der Waals surface area contributed by atoms with Crippen molar-refractivity contribution in [1.82, 2.24) is 4.90 Å². The Bertz CT molecular complexity index is 1000. The van der Waals surface area contributed by atoms with Crippen LogP contribution in [-0.4, -0.2) is 33.7 Å². The Balaban J connectivity index is 1.80. The van der Waals surface area contributed by atoms with E-state index in [4.69, 9.17) is 9.84 Å². The fraction of sp³-hybridized carbons (Fsp3) is 0.105. The first kappa shape index (κ1) is 22.3. The highest BCUT2D eigenvalue weighted by Crippen LogP contribution is 2.38. The molecule has 0 spiro atoms. The lowest BCUT2D eigenvalue weighted by Gasteiger charge is -2.12. The van der Waals surface area contributed by atoms with Gasteiger partial charge in [0.2, 0.25) is 0 Å². The van der Waals surface area contributed by atoms with E-state index in [9.17, 15) is 14.4 Å². The van der Waals surface area contributed by atoms with Crippen molar-refractivity contribution in [2.45, 2.75) is 6.54 Å². The standard InChI is InChI=1S/C19H12Br2INO5S/c20-13-5-11(6-14(21)17(13)28-9-16(24)25)7-15-18(26)23(19(27)29-15)8-10-1-3-12(22)4-2-10/h1-7H,8-9H2,(H,24,25)/b15-7-. The maximum absolute atomic E-state index is 12.7. The number of benzene rings is 2. The molecule has 1 fully saturated rings. The van der Waals surface area contributed by atoms with Crippen LogP contribution in [0.1, 0.15) is 11.1 Å². The monoisotopic (exact) mass is 651 g/mol. The van der Waals surface area contributed by atoms with Crippen molar-refractivity contribution in [1.29, 1.82) is 0 Å². The number of carboxylic acids is 1. The van der Waals surface area contributed by atoms with Crippen LogP contribution in [0, 0.1) is 3.57 Å². The second-order valence-electron chi connectivity index (χ2n) is 5.89. The molecule has 150 valence electrons. The minimum absolute atomic E-state index is 0.217. The Labute approximate surface area is 201 Å². The number of amides is 2. The average Bonchev–Trinajstić information content (AvgIpc) is 2.90. The molecule has 0 unspecified atom stereocenters. The van der Waals surface area contributed by atoms with Crippen molar-refractivity contribution in [3.63, 3.8) is 0 Å². The molecule has 1 heterocycles. The number of thioether (sulfide) groups is 1. The zero-order chi connectivity index (χ0) is 21.1. The van der Waals surface area contributed by atoms with E-state index in [1.54, 1.807) is 18.2 Å². The second-order valence-corrected chi connectivity index (χ2v) is 9.84. The summed E-state index contributed by atoms with van der Waals surface area (Å²) in [5, 5.41) is 8.44. The van der Waals surface area contributed by atoms with Crippen LogP contribution in [0.2, 0.25) is 0 Å². The van der Waals surface area contributed by atoms with Gasteiger partial charge in [0.05, 0.1) is 20.4 Å². The van der Waals surface area contributed by atoms with Crippen LogP contribution in [-0.2, 0) is 16.1 Å². The highest BCUT2D eigenvalue weighted by atomic mass is 127. The SMILES string of the molecule is O=C(O)COc1c(Br)cc(/C=C2\SC(=O)N(Cc3ccc(I)cc3)C2=O)cc1Br. The Morgan fingerprint density at radius 2 is 1.79 bits per heavy atom. The largest absolute Gasteiger partial charge is 0.480 e. The van der Waals surface area contributed by atoms with Crippen LogP contribution < -0.4 is 4.74 Å². The lowest BCUT2D eigenvalue weighted by Crippen LogP contribution is -2.27. The van der Waals surface area contributed by atoms with Crippen molar-refractivity contribution in [2.75, 3.05) is 6.61 Å². The van der Waals surface area contributed by atoms with E-state index in [0.717, 1.165) is 20.9 Å². The average molecular weight is 653 g/mol. The van der Waals surface area contributed by atoms with Crippen molar-refractivity contribution in [2.24, 2.45) is 0 Å². The number of imide groups is 1. The first-order chi connectivity index (χ1) is 13.7. The number of hydrogen-bond donors (Lipinski definition) is 1. The lowest BCUT2D eigenvalue weighted by molar-refractivity contribution is -0.139. The molecular weight excluding hydrogens is 641 g/mol.